The van der Waals surface area contributed by atoms with Crippen molar-refractivity contribution in [3.05, 3.63) is 396 Å². The fourth-order valence-corrected chi connectivity index (χ4v) is 16.4. The van der Waals surface area contributed by atoms with Crippen LogP contribution in [0.2, 0.25) is 5.15 Å². The van der Waals surface area contributed by atoms with Gasteiger partial charge in [-0.2, -0.15) is 0 Å². The summed E-state index contributed by atoms with van der Waals surface area (Å²) in [6.07, 6.45) is 3.59. The highest BCUT2D eigenvalue weighted by Crippen LogP contribution is 2.64. The van der Waals surface area contributed by atoms with E-state index in [4.69, 9.17) is 45.3 Å². The van der Waals surface area contributed by atoms with E-state index in [1.54, 1.807) is 12.3 Å². The van der Waals surface area contributed by atoms with Crippen molar-refractivity contribution in [3.63, 3.8) is 0 Å². The van der Waals surface area contributed by atoms with Gasteiger partial charge in [-0.05, 0) is 144 Å². The van der Waals surface area contributed by atoms with Gasteiger partial charge in [0.15, 0.2) is 23.3 Å². The molecule has 16 aromatic rings. The van der Waals surface area contributed by atoms with Gasteiger partial charge in [-0.3, -0.25) is 4.98 Å². The van der Waals surface area contributed by atoms with Crippen molar-refractivity contribution in [2.75, 3.05) is 0 Å². The van der Waals surface area contributed by atoms with Crippen molar-refractivity contribution in [1.82, 2.24) is 34.9 Å². The van der Waals surface area contributed by atoms with Gasteiger partial charge >= 0.3 is 7.12 Å². The summed E-state index contributed by atoms with van der Waals surface area (Å²) in [6, 6.07) is 115. The van der Waals surface area contributed by atoms with Gasteiger partial charge in [0.05, 0.1) is 39.1 Å². The van der Waals surface area contributed by atoms with Crippen molar-refractivity contribution in [1.29, 1.82) is 0 Å². The normalized spacial score (nSPS) is 14.6. The topological polar surface area (TPSA) is 127 Å². The molecule has 21 rings (SSSR count). The first-order chi connectivity index (χ1) is 53.9. The molecule has 0 radical (unpaired) electrons. The molecule has 2 spiro atoms. The molecule has 0 saturated carbocycles. The van der Waals surface area contributed by atoms with E-state index in [0.717, 1.165) is 107 Å². The zero-order valence-electron chi connectivity index (χ0n) is 60.6. The Labute approximate surface area is 643 Å². The minimum atomic E-state index is -0.518. The van der Waals surface area contributed by atoms with Gasteiger partial charge in [-0.1, -0.05) is 279 Å². The number of pyridine rings is 2. The van der Waals surface area contributed by atoms with E-state index in [1.165, 1.54) is 44.5 Å². The molecular weight excluding hydrogens is 1370 g/mol. The first kappa shape index (κ1) is 67.5. The molecule has 0 atom stereocenters. The van der Waals surface area contributed by atoms with Gasteiger partial charge in [0, 0.05) is 73.6 Å². The number of halogens is 1. The number of ether oxygens (including phenoxy) is 2. The number of aromatic nitrogens is 7. The zero-order chi connectivity index (χ0) is 74.1. The van der Waals surface area contributed by atoms with Crippen molar-refractivity contribution in [2.45, 2.75) is 49.7 Å². The number of nitrogens with zero attached hydrogens (tertiary/aromatic N) is 7. The molecule has 5 aliphatic rings. The summed E-state index contributed by atoms with van der Waals surface area (Å²) >= 11 is 5.89. The molecule has 3 aliphatic heterocycles. The summed E-state index contributed by atoms with van der Waals surface area (Å²) in [6.45, 7) is 8.37. The second-order valence-corrected chi connectivity index (χ2v) is 29.4. The van der Waals surface area contributed by atoms with Crippen molar-refractivity contribution in [2.24, 2.45) is 0 Å². The lowest BCUT2D eigenvalue weighted by Gasteiger charge is -2.39. The number of benzene rings is 12. The molecular formula is C97H69BClN7O4. The number of fused-ring (bicyclic) bond motifs is 18. The smallest absolute Gasteiger partial charge is 0.457 e. The maximum Gasteiger partial charge on any atom is 0.494 e. The van der Waals surface area contributed by atoms with Gasteiger partial charge in [-0.15, -0.1) is 0 Å². The first-order valence-electron chi connectivity index (χ1n) is 36.9. The molecule has 1 saturated heterocycles. The molecule has 1 fully saturated rings. The summed E-state index contributed by atoms with van der Waals surface area (Å²) in [5.74, 6) is 6.01. The Hall–Kier alpha value is -13.1. The Kier molecular flexibility index (Phi) is 16.7. The standard InChI is InChI=1S/C46H29N3O.C31H27BO3.C20H13ClN4/c1-3-13-30(14-4-1)41-28-42(49-45(48-41)31-15-5-2-6-16-31)33-23-25-40(47-29-33)32-24-26-44-39(27-32)46(38-21-11-12-22-43(38)50-44)36-19-9-7-17-34(36)35-18-8-10-20-37(35)46;1-29(2)30(3,4)35-32(34-29)20-17-18-28-26(19-20)31(25-15-9-10-16-27(25)33-28)23-13-7-5-11-21(23)22-12-6-8-14-24(22)31;21-17-12-11-16(13-22-17)20-24-18(14-7-3-1-4-8-14)23-19(25-20)15-9-5-2-6-10-15/h1-29H;5-19H,1-4H3;1-13H. The second kappa shape index (κ2) is 27.3. The van der Waals surface area contributed by atoms with E-state index in [2.05, 4.69) is 242 Å². The predicted molar refractivity (Wildman–Crippen MR) is 437 cm³/mol. The predicted octanol–water partition coefficient (Wildman–Crippen LogP) is 22.4. The van der Waals surface area contributed by atoms with E-state index in [-0.39, 0.29) is 0 Å². The fraction of sp³-hybridized carbons (Fsp3) is 0.0825. The molecule has 4 aromatic heterocycles. The third-order valence-electron chi connectivity index (χ3n) is 22.1. The highest BCUT2D eigenvalue weighted by molar-refractivity contribution is 6.62. The number of hydrogen-bond donors (Lipinski definition) is 0. The minimum absolute atomic E-state index is 0.402. The molecule has 0 amide bonds. The summed E-state index contributed by atoms with van der Waals surface area (Å²) in [5.41, 5.74) is 23.1. The molecule has 110 heavy (non-hydrogen) atoms. The first-order valence-corrected chi connectivity index (χ1v) is 37.3. The fourth-order valence-electron chi connectivity index (χ4n) is 16.2. The average Bonchev–Trinajstić information content (AvgIpc) is 1.50. The van der Waals surface area contributed by atoms with Crippen LogP contribution in [0.25, 0.3) is 102 Å². The van der Waals surface area contributed by atoms with E-state index >= 15 is 0 Å². The number of para-hydroxylation sites is 2. The van der Waals surface area contributed by atoms with Crippen LogP contribution in [0, 0.1) is 0 Å². The Morgan fingerprint density at radius 1 is 0.264 bits per heavy atom. The monoisotopic (exact) mass is 1440 g/mol. The van der Waals surface area contributed by atoms with Gasteiger partial charge in [0.2, 0.25) is 0 Å². The van der Waals surface area contributed by atoms with Crippen molar-refractivity contribution < 1.29 is 18.8 Å². The van der Waals surface area contributed by atoms with Crippen LogP contribution < -0.4 is 14.9 Å². The van der Waals surface area contributed by atoms with Crippen LogP contribution in [0.3, 0.4) is 0 Å². The quantitative estimate of drug-likeness (QED) is 0.107. The number of rotatable bonds is 8. The maximum absolute atomic E-state index is 6.62. The van der Waals surface area contributed by atoms with E-state index in [9.17, 15) is 0 Å². The summed E-state index contributed by atoms with van der Waals surface area (Å²) in [4.78, 5) is 33.0. The van der Waals surface area contributed by atoms with Gasteiger partial charge < -0.3 is 18.8 Å². The van der Waals surface area contributed by atoms with E-state index < -0.39 is 29.2 Å². The van der Waals surface area contributed by atoms with Crippen LogP contribution >= 0.6 is 11.6 Å². The molecule has 2 aliphatic carbocycles. The minimum Gasteiger partial charge on any atom is -0.457 e. The Morgan fingerprint density at radius 2 is 0.618 bits per heavy atom. The highest BCUT2D eigenvalue weighted by atomic mass is 35.5. The zero-order valence-corrected chi connectivity index (χ0v) is 61.4. The lowest BCUT2D eigenvalue weighted by Crippen LogP contribution is -2.41. The molecule has 526 valence electrons. The number of hydrogen-bond acceptors (Lipinski definition) is 11. The lowest BCUT2D eigenvalue weighted by molar-refractivity contribution is 0.00578. The second-order valence-electron chi connectivity index (χ2n) is 29.0. The third kappa shape index (κ3) is 11.5. The van der Waals surface area contributed by atoms with Crippen LogP contribution in [-0.4, -0.2) is 53.2 Å². The largest absolute Gasteiger partial charge is 0.494 e. The van der Waals surface area contributed by atoms with Crippen LogP contribution in [0.15, 0.2) is 346 Å². The molecule has 11 nitrogen and oxygen atoms in total. The molecule has 0 bridgehead atoms. The van der Waals surface area contributed by atoms with Crippen molar-refractivity contribution in [3.8, 4) is 125 Å². The van der Waals surface area contributed by atoms with Crippen LogP contribution in [0.1, 0.15) is 72.2 Å². The van der Waals surface area contributed by atoms with Crippen LogP contribution in [0.4, 0.5) is 0 Å². The van der Waals surface area contributed by atoms with Crippen LogP contribution in [-0.2, 0) is 20.1 Å². The Morgan fingerprint density at radius 3 is 1.06 bits per heavy atom. The summed E-state index contributed by atoms with van der Waals surface area (Å²) < 4.78 is 26.0. The van der Waals surface area contributed by atoms with E-state index in [1.807, 2.05) is 140 Å². The third-order valence-corrected chi connectivity index (χ3v) is 22.3. The lowest BCUT2D eigenvalue weighted by atomic mass is 9.64. The average molecular weight is 1440 g/mol. The van der Waals surface area contributed by atoms with Crippen molar-refractivity contribution >= 4 is 24.2 Å². The summed E-state index contributed by atoms with van der Waals surface area (Å²) in [7, 11) is -0.439. The molecule has 13 heteroatoms. The molecule has 7 heterocycles. The van der Waals surface area contributed by atoms with E-state index in [0.29, 0.717) is 28.5 Å². The summed E-state index contributed by atoms with van der Waals surface area (Å²) in [5, 5.41) is 0.435. The maximum atomic E-state index is 6.62. The molecule has 0 unspecified atom stereocenters. The van der Waals surface area contributed by atoms with Gasteiger partial charge in [0.25, 0.3) is 0 Å². The van der Waals surface area contributed by atoms with Gasteiger partial charge in [0.1, 0.15) is 28.2 Å². The van der Waals surface area contributed by atoms with Crippen LogP contribution in [0.5, 0.6) is 23.0 Å². The SMILES string of the molecule is CC1(C)OB(c2ccc3c(c2)C2(c4ccccc4O3)c3ccccc3-c3ccccc32)OC1(C)C.Clc1ccc(-c2nc(-c3ccccc3)nc(-c3ccccc3)n2)cn1.c1ccc(-c2cc(-c3ccc(-c4ccc5c(c4)C4(c6ccccc6O5)c5ccccc5-c5ccccc54)nc3)nc(-c3ccccc3)n2)cc1. The molecule has 0 N–H and O–H groups in total. The van der Waals surface area contributed by atoms with Gasteiger partial charge in [-0.25, -0.2) is 29.9 Å². The Balaban J connectivity index is 0.000000119. The highest BCUT2D eigenvalue weighted by Gasteiger charge is 2.55. The Bertz CT molecular complexity index is 5990. The molecule has 12 aromatic carbocycles.